The van der Waals surface area contributed by atoms with E-state index < -0.39 is 22.2 Å². The molecule has 0 spiro atoms. The number of carbonyl (C=O) groups excluding carboxylic acids is 1. The Hall–Kier alpha value is -5.08. The number of hydrogen-bond acceptors (Lipinski definition) is 7. The number of aromatic nitrogens is 1. The maximum atomic E-state index is 13.1. The molecule has 6 N–H and O–H groups in total. The molecule has 0 aliphatic rings. The lowest BCUT2D eigenvalue weighted by molar-refractivity contribution is -0.192. The first kappa shape index (κ1) is 30.5. The number of nitrogens with one attached hydrogen (secondary N) is 1. The van der Waals surface area contributed by atoms with Gasteiger partial charge in [0.25, 0.3) is 5.91 Å². The zero-order valence-electron chi connectivity index (χ0n) is 20.9. The number of nitrogens with two attached hydrogens (primary N) is 2. The van der Waals surface area contributed by atoms with Crippen molar-refractivity contribution in [2.75, 3.05) is 5.32 Å². The number of amides is 1. The van der Waals surface area contributed by atoms with Gasteiger partial charge < -0.3 is 16.3 Å². The predicted octanol–water partition coefficient (Wildman–Crippen LogP) is 4.24. The lowest BCUT2D eigenvalue weighted by atomic mass is 10.0. The molecule has 0 fully saturated rings. The largest absolute Gasteiger partial charge is 0.490 e. The second kappa shape index (κ2) is 12.8. The molecule has 0 radical (unpaired) electrons. The van der Waals surface area contributed by atoms with Crippen molar-refractivity contribution in [2.24, 2.45) is 16.1 Å². The van der Waals surface area contributed by atoms with Crippen LogP contribution in [0.25, 0.3) is 22.4 Å². The molecule has 10 nitrogen and oxygen atoms in total. The molecule has 0 unspecified atom stereocenters. The standard InChI is InChI=1S/C25H21N5O3S.C2HF3O2/c26-29-16-17-5-3-6-19(15-17)24-22(8-4-14-28-24)25(31)30-20-12-10-18(11-13-20)21-7-1-2-9-23(21)34(27,32)33;3-2(4,5)1(6)7/h1-16H,26H2,(H,30,31)(H2,27,32,33);(H,6,7). The third-order valence-corrected chi connectivity index (χ3v) is 6.29. The average molecular weight is 586 g/mol. The minimum absolute atomic E-state index is 0.0358. The van der Waals surface area contributed by atoms with Crippen LogP contribution in [0.1, 0.15) is 15.9 Å². The first-order valence-corrected chi connectivity index (χ1v) is 13.0. The van der Waals surface area contributed by atoms with Crippen molar-refractivity contribution in [3.05, 3.63) is 102 Å². The molecule has 0 bridgehead atoms. The fourth-order valence-corrected chi connectivity index (χ4v) is 4.32. The normalized spacial score (nSPS) is 11.4. The maximum absolute atomic E-state index is 13.1. The van der Waals surface area contributed by atoms with Crippen LogP contribution >= 0.6 is 0 Å². The van der Waals surface area contributed by atoms with Crippen LogP contribution in [0.4, 0.5) is 18.9 Å². The summed E-state index contributed by atoms with van der Waals surface area (Å²) in [4.78, 5) is 26.4. The first-order valence-electron chi connectivity index (χ1n) is 11.4. The Morgan fingerprint density at radius 2 is 1.59 bits per heavy atom. The highest BCUT2D eigenvalue weighted by atomic mass is 32.2. The van der Waals surface area contributed by atoms with Gasteiger partial charge in [-0.05, 0) is 47.5 Å². The Labute approximate surface area is 232 Å². The molecule has 1 heterocycles. The fraction of sp³-hybridized carbons (Fsp3) is 0.0370. The van der Waals surface area contributed by atoms with Crippen molar-refractivity contribution < 1.29 is 36.3 Å². The van der Waals surface area contributed by atoms with Crippen LogP contribution < -0.4 is 16.3 Å². The van der Waals surface area contributed by atoms with Crippen molar-refractivity contribution in [3.8, 4) is 22.4 Å². The number of rotatable bonds is 6. The fourth-order valence-electron chi connectivity index (χ4n) is 3.56. The Morgan fingerprint density at radius 3 is 2.20 bits per heavy atom. The van der Waals surface area contributed by atoms with E-state index in [1.54, 1.807) is 60.8 Å². The van der Waals surface area contributed by atoms with E-state index in [-0.39, 0.29) is 10.8 Å². The molecule has 212 valence electrons. The molecular weight excluding hydrogens is 563 g/mol. The molecule has 1 amide bonds. The van der Waals surface area contributed by atoms with Gasteiger partial charge in [-0.3, -0.25) is 9.78 Å². The summed E-state index contributed by atoms with van der Waals surface area (Å²) in [5.74, 6) is 2.15. The van der Waals surface area contributed by atoms with Crippen LogP contribution in [0.2, 0.25) is 0 Å². The van der Waals surface area contributed by atoms with Crippen molar-refractivity contribution in [1.82, 2.24) is 4.98 Å². The molecule has 0 atom stereocenters. The van der Waals surface area contributed by atoms with Crippen molar-refractivity contribution >= 4 is 33.8 Å². The van der Waals surface area contributed by atoms with Gasteiger partial charge in [-0.1, -0.05) is 48.5 Å². The quantitative estimate of drug-likeness (QED) is 0.148. The molecule has 41 heavy (non-hydrogen) atoms. The Morgan fingerprint density at radius 1 is 0.927 bits per heavy atom. The monoisotopic (exact) mass is 585 g/mol. The molecule has 0 saturated carbocycles. The highest BCUT2D eigenvalue weighted by Crippen LogP contribution is 2.28. The number of alkyl halides is 3. The van der Waals surface area contributed by atoms with Gasteiger partial charge in [-0.25, -0.2) is 18.4 Å². The van der Waals surface area contributed by atoms with Crippen LogP contribution in [0, 0.1) is 0 Å². The molecule has 3 aromatic carbocycles. The highest BCUT2D eigenvalue weighted by Gasteiger charge is 2.38. The Balaban J connectivity index is 0.000000587. The second-order valence-electron chi connectivity index (χ2n) is 8.18. The number of hydrogen-bond donors (Lipinski definition) is 4. The van der Waals surface area contributed by atoms with E-state index in [0.29, 0.717) is 28.1 Å². The smallest absolute Gasteiger partial charge is 0.475 e. The van der Waals surface area contributed by atoms with E-state index >= 15 is 0 Å². The van der Waals surface area contributed by atoms with Crippen LogP contribution in [0.5, 0.6) is 0 Å². The summed E-state index contributed by atoms with van der Waals surface area (Å²) in [6, 6.07) is 24.1. The number of nitrogens with zero attached hydrogens (tertiary/aromatic N) is 2. The van der Waals surface area contributed by atoms with E-state index in [1.165, 1.54) is 12.3 Å². The van der Waals surface area contributed by atoms with Gasteiger partial charge in [-0.15, -0.1) is 0 Å². The Bertz CT molecular complexity index is 1690. The third-order valence-electron chi connectivity index (χ3n) is 5.33. The number of carboxylic acid groups (broad SMARTS) is 1. The molecule has 4 aromatic rings. The summed E-state index contributed by atoms with van der Waals surface area (Å²) in [7, 11) is -3.88. The number of sulfonamides is 1. The molecule has 0 aliphatic heterocycles. The Kier molecular flexibility index (Phi) is 9.55. The van der Waals surface area contributed by atoms with E-state index in [2.05, 4.69) is 15.4 Å². The summed E-state index contributed by atoms with van der Waals surface area (Å²) in [6.07, 6.45) is -1.95. The average Bonchev–Trinajstić information content (AvgIpc) is 2.93. The maximum Gasteiger partial charge on any atom is 0.490 e. The SMILES string of the molecule is NN=Cc1cccc(-c2ncccc2C(=O)Nc2ccc(-c3ccccc3S(N)(=O)=O)cc2)c1.O=C(O)C(F)(F)F. The number of pyridine rings is 1. The number of anilines is 1. The number of carbonyl (C=O) groups is 2. The summed E-state index contributed by atoms with van der Waals surface area (Å²) in [5.41, 5.74) is 4.13. The van der Waals surface area contributed by atoms with Crippen molar-refractivity contribution in [2.45, 2.75) is 11.1 Å². The van der Waals surface area contributed by atoms with E-state index in [9.17, 15) is 26.4 Å². The van der Waals surface area contributed by atoms with Crippen LogP contribution in [0.15, 0.2) is 101 Å². The number of benzene rings is 3. The summed E-state index contributed by atoms with van der Waals surface area (Å²) in [5, 5.41) is 18.9. The first-order chi connectivity index (χ1) is 19.3. The summed E-state index contributed by atoms with van der Waals surface area (Å²) >= 11 is 0. The molecule has 1 aromatic heterocycles. The van der Waals surface area contributed by atoms with Crippen molar-refractivity contribution in [1.29, 1.82) is 0 Å². The van der Waals surface area contributed by atoms with Crippen LogP contribution in [0.3, 0.4) is 0 Å². The minimum atomic E-state index is -5.08. The van der Waals surface area contributed by atoms with Gasteiger partial charge in [0.1, 0.15) is 0 Å². The number of carboxylic acids is 1. The van der Waals surface area contributed by atoms with Crippen LogP contribution in [-0.2, 0) is 14.8 Å². The van der Waals surface area contributed by atoms with Gasteiger partial charge in [-0.2, -0.15) is 18.3 Å². The lowest BCUT2D eigenvalue weighted by Crippen LogP contribution is -2.21. The number of aliphatic carboxylic acids is 1. The van der Waals surface area contributed by atoms with E-state index in [1.807, 2.05) is 24.3 Å². The van der Waals surface area contributed by atoms with Gasteiger partial charge in [0, 0.05) is 23.0 Å². The number of hydrazone groups is 1. The zero-order valence-corrected chi connectivity index (χ0v) is 21.7. The van der Waals surface area contributed by atoms with Gasteiger partial charge in [0.05, 0.1) is 22.4 Å². The zero-order chi connectivity index (χ0) is 30.2. The third kappa shape index (κ3) is 8.20. The lowest BCUT2D eigenvalue weighted by Gasteiger charge is -2.11. The van der Waals surface area contributed by atoms with E-state index in [0.717, 1.165) is 11.1 Å². The molecular formula is C27H22F3N5O5S. The van der Waals surface area contributed by atoms with Gasteiger partial charge >= 0.3 is 12.1 Å². The van der Waals surface area contributed by atoms with E-state index in [4.69, 9.17) is 20.9 Å². The molecule has 14 heteroatoms. The summed E-state index contributed by atoms with van der Waals surface area (Å²) in [6.45, 7) is 0. The van der Waals surface area contributed by atoms with Gasteiger partial charge in [0.15, 0.2) is 0 Å². The predicted molar refractivity (Wildman–Crippen MR) is 146 cm³/mol. The highest BCUT2D eigenvalue weighted by molar-refractivity contribution is 7.89. The molecule has 0 aliphatic carbocycles. The second-order valence-corrected chi connectivity index (χ2v) is 9.71. The number of halogens is 3. The molecule has 0 saturated heterocycles. The van der Waals surface area contributed by atoms with Crippen LogP contribution in [-0.4, -0.2) is 42.8 Å². The summed E-state index contributed by atoms with van der Waals surface area (Å²) < 4.78 is 55.5. The molecule has 4 rings (SSSR count). The topological polar surface area (TPSA) is 178 Å². The van der Waals surface area contributed by atoms with Crippen molar-refractivity contribution in [3.63, 3.8) is 0 Å². The number of primary sulfonamides is 1. The van der Waals surface area contributed by atoms with Gasteiger partial charge in [0.2, 0.25) is 10.0 Å². The minimum Gasteiger partial charge on any atom is -0.475 e.